The molecule has 0 aliphatic carbocycles. The highest BCUT2D eigenvalue weighted by atomic mass is 16.6. The second-order valence-corrected chi connectivity index (χ2v) is 6.91. The number of aromatic nitrogens is 4. The lowest BCUT2D eigenvalue weighted by Gasteiger charge is -2.19. The summed E-state index contributed by atoms with van der Waals surface area (Å²) in [5.74, 6) is 1.90. The molecule has 0 aromatic carbocycles. The van der Waals surface area contributed by atoms with Gasteiger partial charge >= 0.3 is 0 Å². The second-order valence-electron chi connectivity index (χ2n) is 6.91. The third-order valence-electron chi connectivity index (χ3n) is 4.81. The van der Waals surface area contributed by atoms with Crippen LogP contribution in [0.3, 0.4) is 0 Å². The molecule has 0 radical (unpaired) electrons. The van der Waals surface area contributed by atoms with Crippen molar-refractivity contribution < 1.29 is 19.0 Å². The van der Waals surface area contributed by atoms with E-state index in [4.69, 9.17) is 14.2 Å². The highest BCUT2D eigenvalue weighted by Crippen LogP contribution is 2.31. The first-order chi connectivity index (χ1) is 15.7. The third kappa shape index (κ3) is 4.69. The number of fused-ring (bicyclic) bond motifs is 1. The molecule has 0 unspecified atom stereocenters. The van der Waals surface area contributed by atoms with E-state index in [1.807, 2.05) is 19.1 Å². The number of pyridine rings is 2. The Morgan fingerprint density at radius 2 is 2.03 bits per heavy atom. The molecule has 1 aliphatic rings. The minimum atomic E-state index is -0.252. The molecular weight excluding hydrogens is 412 g/mol. The van der Waals surface area contributed by atoms with Crippen molar-refractivity contribution in [1.82, 2.24) is 25.3 Å². The van der Waals surface area contributed by atoms with Crippen LogP contribution in [-0.2, 0) is 6.42 Å². The van der Waals surface area contributed by atoms with E-state index in [0.29, 0.717) is 67.0 Å². The summed E-state index contributed by atoms with van der Waals surface area (Å²) in [6, 6.07) is 5.45. The van der Waals surface area contributed by atoms with Crippen molar-refractivity contribution in [3.05, 3.63) is 48.0 Å². The molecule has 0 bridgehead atoms. The Morgan fingerprint density at radius 1 is 1.16 bits per heavy atom. The lowest BCUT2D eigenvalue weighted by atomic mass is 10.1. The van der Waals surface area contributed by atoms with Gasteiger partial charge in [-0.2, -0.15) is 0 Å². The lowest BCUT2D eigenvalue weighted by molar-refractivity contribution is 0.0952. The van der Waals surface area contributed by atoms with Crippen molar-refractivity contribution >= 4 is 11.7 Å². The van der Waals surface area contributed by atoms with Crippen LogP contribution in [0.1, 0.15) is 22.8 Å². The number of hydrogen-bond donors (Lipinski definition) is 2. The first-order valence-corrected chi connectivity index (χ1v) is 10.3. The standard InChI is InChI=1S/C22H24N6O4/c1-3-23-20(29)16-10-15(12-26-21(16)30-2)17-11-18(28-13-27-17)24-6-4-14-5-7-25-22-19(14)31-8-9-32-22/h5,7,10-13H,3-4,6,8-9H2,1-2H3,(H,23,29)(H,24,27,28). The Labute approximate surface area is 185 Å². The zero-order chi connectivity index (χ0) is 22.3. The van der Waals surface area contributed by atoms with E-state index >= 15 is 0 Å². The molecule has 32 heavy (non-hydrogen) atoms. The van der Waals surface area contributed by atoms with Crippen LogP contribution in [-0.4, -0.2) is 59.3 Å². The molecule has 4 heterocycles. The summed E-state index contributed by atoms with van der Waals surface area (Å²) in [5.41, 5.74) is 2.69. The number of nitrogens with zero attached hydrogens (tertiary/aromatic N) is 4. The van der Waals surface area contributed by atoms with Crippen LogP contribution in [0.15, 0.2) is 36.9 Å². The average Bonchev–Trinajstić information content (AvgIpc) is 2.84. The summed E-state index contributed by atoms with van der Waals surface area (Å²) < 4.78 is 16.5. The van der Waals surface area contributed by atoms with Crippen molar-refractivity contribution in [1.29, 1.82) is 0 Å². The number of nitrogens with one attached hydrogen (secondary N) is 2. The molecular formula is C22H24N6O4. The zero-order valence-electron chi connectivity index (χ0n) is 17.9. The number of amides is 1. The first kappa shape index (κ1) is 21.3. The molecule has 10 heteroatoms. The quantitative estimate of drug-likeness (QED) is 0.547. The largest absolute Gasteiger partial charge is 0.484 e. The van der Waals surface area contributed by atoms with Gasteiger partial charge < -0.3 is 24.8 Å². The molecule has 166 valence electrons. The Bertz CT molecular complexity index is 1110. The van der Waals surface area contributed by atoms with Crippen molar-refractivity contribution in [3.8, 4) is 28.8 Å². The smallest absolute Gasteiger partial charge is 0.257 e. The molecule has 1 amide bonds. The SMILES string of the molecule is CCNC(=O)c1cc(-c2cc(NCCc3ccnc4c3OCCO4)ncn2)cnc1OC. The van der Waals surface area contributed by atoms with E-state index < -0.39 is 0 Å². The van der Waals surface area contributed by atoms with Crippen molar-refractivity contribution in [2.75, 3.05) is 38.7 Å². The summed E-state index contributed by atoms with van der Waals surface area (Å²) in [5, 5.41) is 6.06. The van der Waals surface area contributed by atoms with Gasteiger partial charge in [-0.15, -0.1) is 0 Å². The van der Waals surface area contributed by atoms with Crippen LogP contribution in [0, 0.1) is 0 Å². The summed E-state index contributed by atoms with van der Waals surface area (Å²) in [6.45, 7) is 4.01. The van der Waals surface area contributed by atoms with E-state index in [-0.39, 0.29) is 11.8 Å². The molecule has 1 aliphatic heterocycles. The zero-order valence-corrected chi connectivity index (χ0v) is 17.9. The van der Waals surface area contributed by atoms with Crippen molar-refractivity contribution in [3.63, 3.8) is 0 Å². The van der Waals surface area contributed by atoms with Crippen LogP contribution in [0.4, 0.5) is 5.82 Å². The third-order valence-corrected chi connectivity index (χ3v) is 4.81. The Balaban J connectivity index is 1.47. The Kier molecular flexibility index (Phi) is 6.59. The molecule has 0 saturated carbocycles. The van der Waals surface area contributed by atoms with E-state index in [1.165, 1.54) is 13.4 Å². The fourth-order valence-corrected chi connectivity index (χ4v) is 3.31. The van der Waals surface area contributed by atoms with Crippen molar-refractivity contribution in [2.24, 2.45) is 0 Å². The van der Waals surface area contributed by atoms with Crippen LogP contribution in [0.2, 0.25) is 0 Å². The minimum Gasteiger partial charge on any atom is -0.484 e. The minimum absolute atomic E-state index is 0.252. The number of rotatable bonds is 8. The van der Waals surface area contributed by atoms with Gasteiger partial charge in [-0.3, -0.25) is 4.79 Å². The van der Waals surface area contributed by atoms with Gasteiger partial charge in [0.25, 0.3) is 11.8 Å². The van der Waals surface area contributed by atoms with Crippen LogP contribution in [0.5, 0.6) is 17.5 Å². The Morgan fingerprint density at radius 3 is 2.88 bits per heavy atom. The summed E-state index contributed by atoms with van der Waals surface area (Å²) in [7, 11) is 1.48. The molecule has 2 N–H and O–H groups in total. The summed E-state index contributed by atoms with van der Waals surface area (Å²) in [4.78, 5) is 29.4. The normalized spacial score (nSPS) is 12.2. The molecule has 0 fully saturated rings. The van der Waals surface area contributed by atoms with E-state index in [2.05, 4.69) is 30.6 Å². The van der Waals surface area contributed by atoms with E-state index in [9.17, 15) is 4.79 Å². The highest BCUT2D eigenvalue weighted by Gasteiger charge is 2.17. The molecule has 4 rings (SSSR count). The molecule has 3 aromatic heterocycles. The van der Waals surface area contributed by atoms with Crippen LogP contribution >= 0.6 is 0 Å². The number of ether oxygens (including phenoxy) is 3. The predicted octanol–water partition coefficient (Wildman–Crippen LogP) is 2.12. The fourth-order valence-electron chi connectivity index (χ4n) is 3.31. The van der Waals surface area contributed by atoms with E-state index in [1.54, 1.807) is 18.5 Å². The summed E-state index contributed by atoms with van der Waals surface area (Å²) in [6.07, 6.45) is 5.51. The van der Waals surface area contributed by atoms with Gasteiger partial charge in [0.05, 0.1) is 12.8 Å². The van der Waals surface area contributed by atoms with Gasteiger partial charge in [0, 0.05) is 42.7 Å². The maximum atomic E-state index is 12.4. The van der Waals surface area contributed by atoms with Gasteiger partial charge in [0.2, 0.25) is 5.88 Å². The first-order valence-electron chi connectivity index (χ1n) is 10.3. The van der Waals surface area contributed by atoms with Gasteiger partial charge in [-0.1, -0.05) is 0 Å². The lowest BCUT2D eigenvalue weighted by Crippen LogP contribution is -2.23. The highest BCUT2D eigenvalue weighted by molar-refractivity contribution is 5.97. The molecule has 0 saturated heterocycles. The second kappa shape index (κ2) is 9.90. The number of carbonyl (C=O) groups excluding carboxylic acids is 1. The van der Waals surface area contributed by atoms with Gasteiger partial charge in [-0.05, 0) is 25.5 Å². The number of anilines is 1. The molecule has 0 spiro atoms. The number of methoxy groups -OCH3 is 1. The number of hydrogen-bond acceptors (Lipinski definition) is 9. The van der Waals surface area contributed by atoms with Gasteiger partial charge in [0.1, 0.15) is 30.9 Å². The summed E-state index contributed by atoms with van der Waals surface area (Å²) >= 11 is 0. The van der Waals surface area contributed by atoms with Crippen LogP contribution in [0.25, 0.3) is 11.3 Å². The van der Waals surface area contributed by atoms with Crippen LogP contribution < -0.4 is 24.8 Å². The Hall–Kier alpha value is -3.95. The van der Waals surface area contributed by atoms with E-state index in [0.717, 1.165) is 5.56 Å². The topological polar surface area (TPSA) is 120 Å². The van der Waals surface area contributed by atoms with Crippen molar-refractivity contribution in [2.45, 2.75) is 13.3 Å². The monoisotopic (exact) mass is 436 g/mol. The maximum Gasteiger partial charge on any atom is 0.257 e. The van der Waals surface area contributed by atoms with Gasteiger partial charge in [-0.25, -0.2) is 19.9 Å². The fraction of sp³-hybridized carbons (Fsp3) is 0.318. The molecule has 0 atom stereocenters. The molecule has 3 aromatic rings. The average molecular weight is 436 g/mol. The van der Waals surface area contributed by atoms with Gasteiger partial charge in [0.15, 0.2) is 5.75 Å². The number of carbonyl (C=O) groups is 1. The predicted molar refractivity (Wildman–Crippen MR) is 117 cm³/mol. The maximum absolute atomic E-state index is 12.4. The molecule has 10 nitrogen and oxygen atoms in total.